The Morgan fingerprint density at radius 2 is 1.68 bits per heavy atom. The second kappa shape index (κ2) is 10.5. The number of nitrogens with zero attached hydrogens (tertiary/aromatic N) is 1. The first-order chi connectivity index (χ1) is 14.7. The lowest BCUT2D eigenvalue weighted by atomic mass is 9.95. The van der Waals surface area contributed by atoms with Gasteiger partial charge >= 0.3 is 6.03 Å². The summed E-state index contributed by atoms with van der Waals surface area (Å²) in [6, 6.07) is 6.81. The molecule has 3 amide bonds. The fraction of sp³-hybridized carbons (Fsp3) is 0.636. The molecule has 2 fully saturated rings. The number of hydrogen-bond donors (Lipinski definition) is 3. The van der Waals surface area contributed by atoms with E-state index in [9.17, 15) is 18.0 Å². The van der Waals surface area contributed by atoms with Crippen molar-refractivity contribution in [3.8, 4) is 0 Å². The van der Waals surface area contributed by atoms with E-state index in [1.807, 2.05) is 0 Å². The van der Waals surface area contributed by atoms with Crippen LogP contribution in [0.3, 0.4) is 0 Å². The van der Waals surface area contributed by atoms with Crippen molar-refractivity contribution < 1.29 is 18.0 Å². The summed E-state index contributed by atoms with van der Waals surface area (Å²) in [6.45, 7) is 4.24. The number of nitrogens with one attached hydrogen (secondary N) is 3. The van der Waals surface area contributed by atoms with Crippen LogP contribution in [-0.4, -0.2) is 55.7 Å². The maximum absolute atomic E-state index is 12.6. The van der Waals surface area contributed by atoms with Gasteiger partial charge in [0, 0.05) is 36.4 Å². The zero-order chi connectivity index (χ0) is 22.4. The van der Waals surface area contributed by atoms with Crippen LogP contribution in [0.15, 0.2) is 24.3 Å². The Balaban J connectivity index is 1.50. The first kappa shape index (κ1) is 23.5. The van der Waals surface area contributed by atoms with Crippen LogP contribution in [0.25, 0.3) is 0 Å². The Hall–Kier alpha value is -2.13. The number of hydrogen-bond acceptors (Lipinski definition) is 4. The molecule has 2 aliphatic rings. The summed E-state index contributed by atoms with van der Waals surface area (Å²) < 4.78 is 26.8. The van der Waals surface area contributed by atoms with Crippen molar-refractivity contribution in [2.24, 2.45) is 0 Å². The van der Waals surface area contributed by atoms with E-state index in [2.05, 4.69) is 15.4 Å². The highest BCUT2D eigenvalue weighted by Crippen LogP contribution is 2.19. The number of benzene rings is 1. The van der Waals surface area contributed by atoms with Gasteiger partial charge in [-0.05, 0) is 57.7 Å². The van der Waals surface area contributed by atoms with Gasteiger partial charge in [-0.3, -0.25) is 4.79 Å². The van der Waals surface area contributed by atoms with Crippen LogP contribution in [0.1, 0.15) is 69.2 Å². The monoisotopic (exact) mass is 450 g/mol. The molecule has 3 rings (SSSR count). The molecule has 3 N–H and O–H groups in total. The maximum Gasteiger partial charge on any atom is 0.321 e. The molecular weight excluding hydrogens is 416 g/mol. The lowest BCUT2D eigenvalue weighted by molar-refractivity contribution is 0.0927. The van der Waals surface area contributed by atoms with Crippen LogP contribution in [0.2, 0.25) is 0 Å². The average molecular weight is 451 g/mol. The van der Waals surface area contributed by atoms with Gasteiger partial charge in [-0.2, -0.15) is 0 Å². The van der Waals surface area contributed by atoms with Crippen LogP contribution >= 0.6 is 0 Å². The van der Waals surface area contributed by atoms with Gasteiger partial charge in [-0.25, -0.2) is 17.9 Å². The summed E-state index contributed by atoms with van der Waals surface area (Å²) in [5, 5.41) is 5.48. The zero-order valence-corrected chi connectivity index (χ0v) is 19.2. The molecule has 1 saturated heterocycles. The first-order valence-electron chi connectivity index (χ1n) is 11.2. The number of carbonyl (C=O) groups is 2. The van der Waals surface area contributed by atoms with Crippen molar-refractivity contribution in [3.63, 3.8) is 0 Å². The summed E-state index contributed by atoms with van der Waals surface area (Å²) in [4.78, 5) is 26.9. The number of piperidine rings is 1. The van der Waals surface area contributed by atoms with E-state index in [0.717, 1.165) is 25.7 Å². The predicted octanol–water partition coefficient (Wildman–Crippen LogP) is 3.07. The molecule has 0 radical (unpaired) electrons. The van der Waals surface area contributed by atoms with Crippen molar-refractivity contribution in [3.05, 3.63) is 29.8 Å². The molecule has 0 atom stereocenters. The molecule has 1 heterocycles. The van der Waals surface area contributed by atoms with Gasteiger partial charge in [-0.1, -0.05) is 25.3 Å². The summed E-state index contributed by atoms with van der Waals surface area (Å²) in [6.07, 6.45) is 6.71. The van der Waals surface area contributed by atoms with Crippen LogP contribution in [0, 0.1) is 0 Å². The third kappa shape index (κ3) is 6.67. The van der Waals surface area contributed by atoms with Gasteiger partial charge in [0.2, 0.25) is 10.0 Å². The van der Waals surface area contributed by atoms with Gasteiger partial charge in [0.15, 0.2) is 0 Å². The van der Waals surface area contributed by atoms with E-state index >= 15 is 0 Å². The Morgan fingerprint density at radius 3 is 2.32 bits per heavy atom. The zero-order valence-electron chi connectivity index (χ0n) is 18.4. The molecule has 8 nitrogen and oxygen atoms in total. The molecule has 0 bridgehead atoms. The highest BCUT2D eigenvalue weighted by molar-refractivity contribution is 7.90. The number of anilines is 1. The van der Waals surface area contributed by atoms with E-state index < -0.39 is 15.3 Å². The quantitative estimate of drug-likeness (QED) is 0.619. The van der Waals surface area contributed by atoms with Gasteiger partial charge in [0.05, 0.1) is 5.25 Å². The van der Waals surface area contributed by atoms with Gasteiger partial charge in [0.1, 0.15) is 0 Å². The van der Waals surface area contributed by atoms with Crippen molar-refractivity contribution in [1.29, 1.82) is 0 Å². The van der Waals surface area contributed by atoms with E-state index in [-0.39, 0.29) is 24.0 Å². The van der Waals surface area contributed by atoms with Crippen molar-refractivity contribution in [2.45, 2.75) is 76.1 Å². The minimum absolute atomic E-state index is 0.110. The standard InChI is InChI=1S/C22H34N4O4S/c1-16(2)31(29,30)25-19-11-13-26(14-12-19)22(28)24-20-10-6-7-17(15-20)21(27)23-18-8-4-3-5-9-18/h6-7,10,15-16,18-19,25H,3-5,8-9,11-14H2,1-2H3,(H,23,27)(H,24,28). The fourth-order valence-corrected chi connectivity index (χ4v) is 5.00. The number of carbonyl (C=O) groups excluding carboxylic acids is 2. The Kier molecular flexibility index (Phi) is 7.94. The van der Waals surface area contributed by atoms with E-state index in [4.69, 9.17) is 0 Å². The molecule has 9 heteroatoms. The van der Waals surface area contributed by atoms with Crippen LogP contribution in [0.5, 0.6) is 0 Å². The lowest BCUT2D eigenvalue weighted by Crippen LogP contribution is -2.48. The number of sulfonamides is 1. The average Bonchev–Trinajstić information content (AvgIpc) is 2.74. The normalized spacial score (nSPS) is 18.7. The van der Waals surface area contributed by atoms with Gasteiger partial charge in [-0.15, -0.1) is 0 Å². The Morgan fingerprint density at radius 1 is 1.00 bits per heavy atom. The Bertz CT molecular complexity index is 873. The molecule has 0 unspecified atom stereocenters. The molecular formula is C22H34N4O4S. The minimum Gasteiger partial charge on any atom is -0.349 e. The topological polar surface area (TPSA) is 108 Å². The van der Waals surface area contributed by atoms with Crippen molar-refractivity contribution in [2.75, 3.05) is 18.4 Å². The Labute approximate surface area is 185 Å². The van der Waals surface area contributed by atoms with E-state index in [1.165, 1.54) is 6.42 Å². The fourth-order valence-electron chi connectivity index (χ4n) is 4.03. The number of urea groups is 1. The summed E-state index contributed by atoms with van der Waals surface area (Å²) >= 11 is 0. The summed E-state index contributed by atoms with van der Waals surface area (Å²) in [5.74, 6) is -0.110. The molecule has 0 aromatic heterocycles. The second-order valence-corrected chi connectivity index (χ2v) is 11.1. The lowest BCUT2D eigenvalue weighted by Gasteiger charge is -2.32. The number of likely N-dealkylation sites (tertiary alicyclic amines) is 1. The molecule has 0 spiro atoms. The molecule has 31 heavy (non-hydrogen) atoms. The van der Waals surface area contributed by atoms with Gasteiger partial charge in [0.25, 0.3) is 5.91 Å². The van der Waals surface area contributed by atoms with E-state index in [1.54, 1.807) is 43.0 Å². The summed E-state index contributed by atoms with van der Waals surface area (Å²) in [5.41, 5.74) is 1.11. The third-order valence-corrected chi connectivity index (χ3v) is 7.95. The number of rotatable bonds is 6. The summed E-state index contributed by atoms with van der Waals surface area (Å²) in [7, 11) is -3.31. The molecule has 1 aliphatic carbocycles. The number of amides is 3. The molecule has 1 aromatic carbocycles. The van der Waals surface area contributed by atoms with E-state index in [0.29, 0.717) is 37.2 Å². The second-order valence-electron chi connectivity index (χ2n) is 8.79. The highest BCUT2D eigenvalue weighted by Gasteiger charge is 2.27. The van der Waals surface area contributed by atoms with Crippen LogP contribution in [-0.2, 0) is 10.0 Å². The smallest absolute Gasteiger partial charge is 0.321 e. The molecule has 1 aromatic rings. The minimum atomic E-state index is -3.31. The maximum atomic E-state index is 12.6. The molecule has 172 valence electrons. The predicted molar refractivity (Wildman–Crippen MR) is 122 cm³/mol. The van der Waals surface area contributed by atoms with Crippen molar-refractivity contribution >= 4 is 27.6 Å². The first-order valence-corrected chi connectivity index (χ1v) is 12.8. The van der Waals surface area contributed by atoms with Crippen LogP contribution in [0.4, 0.5) is 10.5 Å². The van der Waals surface area contributed by atoms with Gasteiger partial charge < -0.3 is 15.5 Å². The molecule has 1 saturated carbocycles. The SMILES string of the molecule is CC(C)S(=O)(=O)NC1CCN(C(=O)Nc2cccc(C(=O)NC3CCCCC3)c2)CC1. The highest BCUT2D eigenvalue weighted by atomic mass is 32.2. The third-order valence-electron chi connectivity index (χ3n) is 6.05. The van der Waals surface area contributed by atoms with Crippen LogP contribution < -0.4 is 15.4 Å². The van der Waals surface area contributed by atoms with Crippen molar-refractivity contribution in [1.82, 2.24) is 14.9 Å². The largest absolute Gasteiger partial charge is 0.349 e. The molecule has 1 aliphatic heterocycles.